The van der Waals surface area contributed by atoms with Crippen LogP contribution < -0.4 is 26.2 Å². The summed E-state index contributed by atoms with van der Waals surface area (Å²) in [6, 6.07) is 96.2. The van der Waals surface area contributed by atoms with Crippen molar-refractivity contribution < 1.29 is 0 Å². The molecule has 0 aliphatic carbocycles. The second-order valence-electron chi connectivity index (χ2n) is 18.8. The fourth-order valence-corrected chi connectivity index (χ4v) is 12.1. The van der Waals surface area contributed by atoms with Gasteiger partial charge in [0.1, 0.15) is 0 Å². The van der Waals surface area contributed by atoms with Gasteiger partial charge < -0.3 is 18.9 Å². The van der Waals surface area contributed by atoms with Gasteiger partial charge in [-0.2, -0.15) is 0 Å². The zero-order valence-corrected chi connectivity index (χ0v) is 38.7. The number of rotatable bonds is 6. The minimum atomic E-state index is -0.0740. The van der Waals surface area contributed by atoms with E-state index in [1.165, 1.54) is 105 Å². The molecule has 0 N–H and O–H groups in total. The summed E-state index contributed by atoms with van der Waals surface area (Å²) in [5, 5.41) is 4.97. The van der Waals surface area contributed by atoms with Gasteiger partial charge in [0.2, 0.25) is 0 Å². The van der Waals surface area contributed by atoms with Crippen molar-refractivity contribution in [2.45, 2.75) is 0 Å². The summed E-state index contributed by atoms with van der Waals surface area (Å²) < 4.78 is 4.90. The van der Waals surface area contributed by atoms with Gasteiger partial charge >= 0.3 is 0 Å². The highest BCUT2D eigenvalue weighted by Crippen LogP contribution is 2.49. The average molecular weight is 903 g/mol. The lowest BCUT2D eigenvalue weighted by Crippen LogP contribution is -2.61. The number of aromatic nitrogens is 2. The van der Waals surface area contributed by atoms with Crippen molar-refractivity contribution in [3.05, 3.63) is 261 Å². The van der Waals surface area contributed by atoms with E-state index in [4.69, 9.17) is 0 Å². The lowest BCUT2D eigenvalue weighted by atomic mass is 9.33. The second-order valence-corrected chi connectivity index (χ2v) is 18.8. The molecule has 2 aromatic heterocycles. The lowest BCUT2D eigenvalue weighted by molar-refractivity contribution is 1.17. The zero-order valence-electron chi connectivity index (χ0n) is 38.7. The number of fused-ring (bicyclic) bond motifs is 11. The second kappa shape index (κ2) is 15.6. The molecule has 11 aromatic carbocycles. The first kappa shape index (κ1) is 39.7. The summed E-state index contributed by atoms with van der Waals surface area (Å²) in [7, 11) is 0. The van der Waals surface area contributed by atoms with Crippen LogP contribution in [0.15, 0.2) is 261 Å². The normalized spacial score (nSPS) is 12.7. The molecule has 0 amide bonds. The molecule has 0 bridgehead atoms. The van der Waals surface area contributed by atoms with Gasteiger partial charge in [-0.05, 0) is 124 Å². The molecule has 4 heterocycles. The topological polar surface area (TPSA) is 16.3 Å². The van der Waals surface area contributed by atoms with Gasteiger partial charge in [-0.25, -0.2) is 0 Å². The number of hydrogen-bond acceptors (Lipinski definition) is 2. The summed E-state index contributed by atoms with van der Waals surface area (Å²) in [6.07, 6.45) is 0. The van der Waals surface area contributed by atoms with Gasteiger partial charge in [0.15, 0.2) is 0 Å². The highest BCUT2D eigenvalue weighted by molar-refractivity contribution is 7.00. The van der Waals surface area contributed by atoms with Crippen molar-refractivity contribution in [2.75, 3.05) is 9.80 Å². The highest BCUT2D eigenvalue weighted by atomic mass is 15.2. The Kier molecular flexibility index (Phi) is 8.72. The first-order chi connectivity index (χ1) is 35.3. The van der Waals surface area contributed by atoms with Crippen molar-refractivity contribution in [2.24, 2.45) is 0 Å². The maximum absolute atomic E-state index is 2.57. The molecule has 71 heavy (non-hydrogen) atoms. The monoisotopic (exact) mass is 902 g/mol. The number of nitrogens with zero attached hydrogens (tertiary/aromatic N) is 4. The summed E-state index contributed by atoms with van der Waals surface area (Å²) in [6.45, 7) is -0.0740. The maximum Gasteiger partial charge on any atom is 0.252 e. The van der Waals surface area contributed by atoms with Crippen LogP contribution in [0.4, 0.5) is 34.1 Å². The Bertz CT molecular complexity index is 4180. The quantitative estimate of drug-likeness (QED) is 0.155. The van der Waals surface area contributed by atoms with E-state index in [0.717, 1.165) is 22.7 Å². The SMILES string of the molecule is c1ccc(-c2ccc(N3c4cccc5c4B(c4ccc(-n6c7ccccc7c7ccccc76)cc4N5c4cccc(-c5ccccc5)c4)c4ccc5c(c43)c3ccccc3n5-c3ccccc3)cc2)cc1. The van der Waals surface area contributed by atoms with E-state index in [1.54, 1.807) is 0 Å². The van der Waals surface area contributed by atoms with Gasteiger partial charge in [-0.1, -0.05) is 176 Å². The first-order valence-corrected chi connectivity index (χ1v) is 24.5. The molecule has 0 fully saturated rings. The third kappa shape index (κ3) is 5.93. The molecule has 0 atom stereocenters. The first-order valence-electron chi connectivity index (χ1n) is 24.5. The van der Waals surface area contributed by atoms with Crippen molar-refractivity contribution in [1.82, 2.24) is 9.13 Å². The smallest absolute Gasteiger partial charge is 0.252 e. The molecule has 0 spiro atoms. The van der Waals surface area contributed by atoms with Crippen LogP contribution in [0, 0.1) is 0 Å². The average Bonchev–Trinajstić information content (AvgIpc) is 3.97. The largest absolute Gasteiger partial charge is 0.311 e. The van der Waals surface area contributed by atoms with Crippen LogP contribution in [0.25, 0.3) is 77.2 Å². The molecular formula is C66H43BN4. The Hall–Kier alpha value is -9.32. The van der Waals surface area contributed by atoms with Gasteiger partial charge in [0.05, 0.1) is 27.8 Å². The molecule has 2 aliphatic heterocycles. The van der Waals surface area contributed by atoms with Crippen molar-refractivity contribution in [3.8, 4) is 33.6 Å². The molecular weight excluding hydrogens is 860 g/mol. The number of para-hydroxylation sites is 4. The van der Waals surface area contributed by atoms with Crippen LogP contribution in [-0.4, -0.2) is 15.8 Å². The van der Waals surface area contributed by atoms with Crippen molar-refractivity contribution in [1.29, 1.82) is 0 Å². The minimum absolute atomic E-state index is 0.0740. The summed E-state index contributed by atoms with van der Waals surface area (Å²) in [5.74, 6) is 0. The van der Waals surface area contributed by atoms with Crippen LogP contribution in [-0.2, 0) is 0 Å². The fourth-order valence-electron chi connectivity index (χ4n) is 12.1. The van der Waals surface area contributed by atoms with E-state index in [0.29, 0.717) is 0 Å². The molecule has 330 valence electrons. The Morgan fingerprint density at radius 2 is 0.761 bits per heavy atom. The van der Waals surface area contributed by atoms with E-state index >= 15 is 0 Å². The van der Waals surface area contributed by atoms with Gasteiger partial charge in [0, 0.05) is 61.4 Å². The van der Waals surface area contributed by atoms with E-state index in [2.05, 4.69) is 280 Å². The van der Waals surface area contributed by atoms with Gasteiger partial charge in [0.25, 0.3) is 6.71 Å². The van der Waals surface area contributed by atoms with E-state index in [-0.39, 0.29) is 6.71 Å². The Labute approximate surface area is 412 Å². The van der Waals surface area contributed by atoms with Gasteiger partial charge in [-0.3, -0.25) is 0 Å². The predicted molar refractivity (Wildman–Crippen MR) is 300 cm³/mol. The van der Waals surface area contributed by atoms with Crippen LogP contribution in [0.1, 0.15) is 0 Å². The molecule has 0 saturated carbocycles. The molecule has 0 radical (unpaired) electrons. The molecule has 13 aromatic rings. The van der Waals surface area contributed by atoms with Crippen molar-refractivity contribution >= 4 is 101 Å². The number of benzene rings is 11. The molecule has 0 saturated heterocycles. The van der Waals surface area contributed by atoms with Gasteiger partial charge in [-0.15, -0.1) is 0 Å². The summed E-state index contributed by atoms with van der Waals surface area (Å²) in [4.78, 5) is 5.11. The molecule has 0 unspecified atom stereocenters. The Balaban J connectivity index is 1.04. The highest BCUT2D eigenvalue weighted by Gasteiger charge is 2.44. The zero-order chi connectivity index (χ0) is 46.6. The summed E-state index contributed by atoms with van der Waals surface area (Å²) in [5.41, 5.74) is 22.6. The minimum Gasteiger partial charge on any atom is -0.311 e. The third-order valence-corrected chi connectivity index (χ3v) is 15.1. The van der Waals surface area contributed by atoms with Crippen LogP contribution >= 0.6 is 0 Å². The molecule has 5 heteroatoms. The fraction of sp³-hybridized carbons (Fsp3) is 0. The lowest BCUT2D eigenvalue weighted by Gasteiger charge is -2.44. The Morgan fingerprint density at radius 3 is 1.45 bits per heavy atom. The van der Waals surface area contributed by atoms with E-state index < -0.39 is 0 Å². The number of anilines is 6. The Morgan fingerprint density at radius 1 is 0.268 bits per heavy atom. The van der Waals surface area contributed by atoms with Crippen LogP contribution in [0.5, 0.6) is 0 Å². The third-order valence-electron chi connectivity index (χ3n) is 15.1. The number of hydrogen-bond donors (Lipinski definition) is 0. The van der Waals surface area contributed by atoms with E-state index in [1.807, 2.05) is 0 Å². The van der Waals surface area contributed by atoms with Crippen LogP contribution in [0.3, 0.4) is 0 Å². The predicted octanol–water partition coefficient (Wildman–Crippen LogP) is 15.3. The molecule has 15 rings (SSSR count). The standard InChI is InChI=1S/C66H43BN4/c1-4-18-44(19-5-1)46-34-36-49(37-35-46)71-62-33-17-32-61-65(62)67(56-40-41-60-64(66(56)71)54-28-12-15-31-59(54)68(60)48-23-8-3-9-24-48)55-39-38-51(69-57-29-13-10-26-52(57)53-27-11-14-30-58(53)69)43-63(55)70(61)50-25-16-22-47(42-50)45-20-6-2-7-21-45/h1-43H. The maximum atomic E-state index is 2.57. The molecule has 4 nitrogen and oxygen atoms in total. The molecule has 2 aliphatic rings. The van der Waals surface area contributed by atoms with E-state index in [9.17, 15) is 0 Å². The summed E-state index contributed by atoms with van der Waals surface area (Å²) >= 11 is 0. The van der Waals surface area contributed by atoms with Crippen molar-refractivity contribution in [3.63, 3.8) is 0 Å². The van der Waals surface area contributed by atoms with Crippen LogP contribution in [0.2, 0.25) is 0 Å².